The maximum atomic E-state index is 5.58. The third-order valence-electron chi connectivity index (χ3n) is 2.53. The molecule has 1 heterocycles. The average Bonchev–Trinajstić information content (AvgIpc) is 2.29. The van der Waals surface area contributed by atoms with Crippen LogP contribution in [0.25, 0.3) is 0 Å². The predicted molar refractivity (Wildman–Crippen MR) is 72.7 cm³/mol. The van der Waals surface area contributed by atoms with Crippen LogP contribution in [0.15, 0.2) is 18.3 Å². The van der Waals surface area contributed by atoms with Crippen LogP contribution >= 0.6 is 12.2 Å². The lowest BCUT2D eigenvalue weighted by Gasteiger charge is -2.16. The molecule has 0 spiro atoms. The molecule has 0 amide bonds. The second kappa shape index (κ2) is 6.43. The summed E-state index contributed by atoms with van der Waals surface area (Å²) in [6.07, 6.45) is 5.14. The van der Waals surface area contributed by atoms with E-state index < -0.39 is 0 Å². The summed E-state index contributed by atoms with van der Waals surface area (Å²) < 4.78 is 0. The zero-order valence-electron chi connectivity index (χ0n) is 9.86. The van der Waals surface area contributed by atoms with Gasteiger partial charge in [0, 0.05) is 17.8 Å². The molecule has 0 radical (unpaired) electrons. The summed E-state index contributed by atoms with van der Waals surface area (Å²) in [5.74, 6) is 0.852. The maximum absolute atomic E-state index is 5.58. The molecule has 1 unspecified atom stereocenters. The molecular formula is C12H19N3S. The van der Waals surface area contributed by atoms with E-state index in [2.05, 4.69) is 24.1 Å². The van der Waals surface area contributed by atoms with Gasteiger partial charge in [-0.3, -0.25) is 0 Å². The number of anilines is 1. The van der Waals surface area contributed by atoms with Gasteiger partial charge in [-0.1, -0.05) is 32.5 Å². The molecule has 88 valence electrons. The summed E-state index contributed by atoms with van der Waals surface area (Å²) in [5.41, 5.74) is 6.44. The Morgan fingerprint density at radius 2 is 2.31 bits per heavy atom. The molecule has 0 aliphatic rings. The Morgan fingerprint density at radius 1 is 1.56 bits per heavy atom. The first-order chi connectivity index (χ1) is 7.67. The molecule has 0 bridgehead atoms. The number of rotatable bonds is 6. The summed E-state index contributed by atoms with van der Waals surface area (Å²) in [6, 6.07) is 4.20. The average molecular weight is 237 g/mol. The fourth-order valence-corrected chi connectivity index (χ4v) is 1.73. The van der Waals surface area contributed by atoms with Crippen molar-refractivity contribution in [3.63, 3.8) is 0 Å². The van der Waals surface area contributed by atoms with Crippen LogP contribution < -0.4 is 11.1 Å². The molecule has 3 nitrogen and oxygen atoms in total. The lowest BCUT2D eigenvalue weighted by atomic mass is 10.1. The van der Waals surface area contributed by atoms with Gasteiger partial charge in [-0.25, -0.2) is 4.98 Å². The molecule has 16 heavy (non-hydrogen) atoms. The van der Waals surface area contributed by atoms with Crippen LogP contribution in [0.4, 0.5) is 5.82 Å². The molecule has 0 saturated heterocycles. The first-order valence-electron chi connectivity index (χ1n) is 5.69. The number of hydrogen-bond acceptors (Lipinski definition) is 3. The third kappa shape index (κ3) is 3.77. The molecule has 1 atom stereocenters. The molecule has 0 aliphatic carbocycles. The number of nitrogens with two attached hydrogens (primary N) is 1. The van der Waals surface area contributed by atoms with Gasteiger partial charge in [-0.05, 0) is 25.0 Å². The van der Waals surface area contributed by atoms with Crippen LogP contribution in [0.5, 0.6) is 0 Å². The zero-order chi connectivity index (χ0) is 12.0. The van der Waals surface area contributed by atoms with E-state index in [1.54, 1.807) is 6.20 Å². The molecule has 4 heteroatoms. The molecule has 0 aromatic carbocycles. The van der Waals surface area contributed by atoms with Crippen LogP contribution in [0.1, 0.15) is 38.7 Å². The van der Waals surface area contributed by atoms with Crippen molar-refractivity contribution in [2.24, 2.45) is 5.73 Å². The van der Waals surface area contributed by atoms with Gasteiger partial charge in [-0.2, -0.15) is 0 Å². The molecule has 1 aromatic rings. The van der Waals surface area contributed by atoms with Gasteiger partial charge in [0.15, 0.2) is 0 Å². The van der Waals surface area contributed by atoms with Gasteiger partial charge in [0.25, 0.3) is 0 Å². The Balaban J connectivity index is 2.72. The van der Waals surface area contributed by atoms with Crippen molar-refractivity contribution in [2.75, 3.05) is 5.32 Å². The molecule has 0 aliphatic heterocycles. The van der Waals surface area contributed by atoms with E-state index in [4.69, 9.17) is 18.0 Å². The van der Waals surface area contributed by atoms with Gasteiger partial charge >= 0.3 is 0 Å². The number of pyridine rings is 1. The summed E-state index contributed by atoms with van der Waals surface area (Å²) in [4.78, 5) is 4.68. The lowest BCUT2D eigenvalue weighted by molar-refractivity contribution is 0.620. The number of nitrogens with one attached hydrogen (secondary N) is 1. The SMILES string of the molecule is CCCC(CC)Nc1cc(C(N)=S)ccn1. The van der Waals surface area contributed by atoms with Crippen molar-refractivity contribution in [2.45, 2.75) is 39.2 Å². The monoisotopic (exact) mass is 237 g/mol. The standard InChI is InChI=1S/C12H19N3S/c1-3-5-10(4-2)15-11-8-9(12(13)16)6-7-14-11/h6-8,10H,3-5H2,1-2H3,(H2,13,16)(H,14,15). The first-order valence-corrected chi connectivity index (χ1v) is 6.10. The predicted octanol–water partition coefficient (Wildman–Crippen LogP) is 2.71. The van der Waals surface area contributed by atoms with Gasteiger partial charge in [-0.15, -0.1) is 0 Å². The van der Waals surface area contributed by atoms with E-state index in [-0.39, 0.29) is 0 Å². The minimum Gasteiger partial charge on any atom is -0.389 e. The Hall–Kier alpha value is -1.16. The number of nitrogens with zero attached hydrogens (tertiary/aromatic N) is 1. The van der Waals surface area contributed by atoms with Gasteiger partial charge in [0.2, 0.25) is 0 Å². The van der Waals surface area contributed by atoms with Crippen molar-refractivity contribution >= 4 is 23.0 Å². The third-order valence-corrected chi connectivity index (χ3v) is 2.76. The largest absolute Gasteiger partial charge is 0.389 e. The molecule has 0 fully saturated rings. The van der Waals surface area contributed by atoms with E-state index in [1.165, 1.54) is 6.42 Å². The summed E-state index contributed by atoms with van der Waals surface area (Å²) in [5, 5.41) is 3.40. The highest BCUT2D eigenvalue weighted by atomic mass is 32.1. The fraction of sp³-hybridized carbons (Fsp3) is 0.500. The van der Waals surface area contributed by atoms with Crippen LogP contribution in [0, 0.1) is 0 Å². The highest BCUT2D eigenvalue weighted by molar-refractivity contribution is 7.80. The summed E-state index contributed by atoms with van der Waals surface area (Å²) in [7, 11) is 0. The van der Waals surface area contributed by atoms with E-state index in [9.17, 15) is 0 Å². The van der Waals surface area contributed by atoms with E-state index >= 15 is 0 Å². The maximum Gasteiger partial charge on any atom is 0.126 e. The van der Waals surface area contributed by atoms with Crippen LogP contribution in [0.3, 0.4) is 0 Å². The van der Waals surface area contributed by atoms with Crippen LogP contribution in [-0.4, -0.2) is 16.0 Å². The van der Waals surface area contributed by atoms with Crippen molar-refractivity contribution in [1.29, 1.82) is 0 Å². The van der Waals surface area contributed by atoms with Crippen LogP contribution in [-0.2, 0) is 0 Å². The molecule has 1 rings (SSSR count). The second-order valence-corrected chi connectivity index (χ2v) is 4.27. The Morgan fingerprint density at radius 3 is 2.88 bits per heavy atom. The highest BCUT2D eigenvalue weighted by Crippen LogP contribution is 2.12. The summed E-state index contributed by atoms with van der Waals surface area (Å²) >= 11 is 4.94. The van der Waals surface area contributed by atoms with Crippen LogP contribution in [0.2, 0.25) is 0 Å². The lowest BCUT2D eigenvalue weighted by Crippen LogP contribution is -2.19. The first kappa shape index (κ1) is 12.9. The fourth-order valence-electron chi connectivity index (χ4n) is 1.60. The van der Waals surface area contributed by atoms with E-state index in [0.29, 0.717) is 11.0 Å². The van der Waals surface area contributed by atoms with Crippen molar-refractivity contribution < 1.29 is 0 Å². The molecule has 0 saturated carbocycles. The Bertz CT molecular complexity index is 352. The minimum atomic E-state index is 0.411. The number of aromatic nitrogens is 1. The second-order valence-electron chi connectivity index (χ2n) is 3.83. The Kier molecular flexibility index (Phi) is 5.19. The quantitative estimate of drug-likeness (QED) is 0.747. The van der Waals surface area contributed by atoms with Gasteiger partial charge in [0.1, 0.15) is 10.8 Å². The number of hydrogen-bond donors (Lipinski definition) is 2. The van der Waals surface area contributed by atoms with Gasteiger partial charge in [0.05, 0.1) is 0 Å². The van der Waals surface area contributed by atoms with E-state index in [1.807, 2.05) is 12.1 Å². The van der Waals surface area contributed by atoms with Crippen molar-refractivity contribution in [3.8, 4) is 0 Å². The number of thiocarbonyl (C=S) groups is 1. The topological polar surface area (TPSA) is 50.9 Å². The van der Waals surface area contributed by atoms with E-state index in [0.717, 1.165) is 24.2 Å². The molecule has 3 N–H and O–H groups in total. The molecule has 1 aromatic heterocycles. The normalized spacial score (nSPS) is 12.1. The van der Waals surface area contributed by atoms with Crippen molar-refractivity contribution in [3.05, 3.63) is 23.9 Å². The van der Waals surface area contributed by atoms with Gasteiger partial charge < -0.3 is 11.1 Å². The van der Waals surface area contributed by atoms with Crippen molar-refractivity contribution in [1.82, 2.24) is 4.98 Å². The zero-order valence-corrected chi connectivity index (χ0v) is 10.7. The highest BCUT2D eigenvalue weighted by Gasteiger charge is 2.06. The Labute approximate surface area is 102 Å². The minimum absolute atomic E-state index is 0.411. The summed E-state index contributed by atoms with van der Waals surface area (Å²) in [6.45, 7) is 4.36. The molecular weight excluding hydrogens is 218 g/mol. The smallest absolute Gasteiger partial charge is 0.126 e.